The summed E-state index contributed by atoms with van der Waals surface area (Å²) < 4.78 is 6.05. The minimum atomic E-state index is -0.129. The Balaban J connectivity index is 1.87. The van der Waals surface area contributed by atoms with Gasteiger partial charge in [-0.1, -0.05) is 77.5 Å². The number of rotatable bonds is 7. The molecule has 3 nitrogen and oxygen atoms in total. The van der Waals surface area contributed by atoms with Crippen LogP contribution in [0.1, 0.15) is 29.2 Å². The minimum Gasteiger partial charge on any atom is -0.508 e. The lowest BCUT2D eigenvalue weighted by atomic mass is 10.1. The summed E-state index contributed by atoms with van der Waals surface area (Å²) in [5, 5.41) is 10.9. The SMILES string of the molecule is CCSC(c1ncc(-c2ccc(C=CCBr)cc2)o1)c1ccccc1O. The van der Waals surface area contributed by atoms with E-state index < -0.39 is 0 Å². The molecule has 2 aromatic carbocycles. The number of halogens is 1. The number of phenols is 1. The van der Waals surface area contributed by atoms with Crippen molar-refractivity contribution in [3.8, 4) is 17.1 Å². The predicted molar refractivity (Wildman–Crippen MR) is 113 cm³/mol. The van der Waals surface area contributed by atoms with Gasteiger partial charge in [0.15, 0.2) is 5.76 Å². The Bertz CT molecular complexity index is 874. The Morgan fingerprint density at radius 1 is 1.19 bits per heavy atom. The number of para-hydroxylation sites is 1. The van der Waals surface area contributed by atoms with E-state index in [4.69, 9.17) is 4.42 Å². The normalized spacial score (nSPS) is 12.5. The monoisotopic (exact) mass is 429 g/mol. The van der Waals surface area contributed by atoms with Crippen molar-refractivity contribution >= 4 is 33.8 Å². The van der Waals surface area contributed by atoms with Crippen molar-refractivity contribution in [2.24, 2.45) is 0 Å². The summed E-state index contributed by atoms with van der Waals surface area (Å²) in [7, 11) is 0. The van der Waals surface area contributed by atoms with Gasteiger partial charge in [-0.15, -0.1) is 11.8 Å². The van der Waals surface area contributed by atoms with Crippen LogP contribution in [0.25, 0.3) is 17.4 Å². The van der Waals surface area contributed by atoms with Gasteiger partial charge in [0.2, 0.25) is 5.89 Å². The largest absolute Gasteiger partial charge is 0.508 e. The maximum absolute atomic E-state index is 10.2. The van der Waals surface area contributed by atoms with E-state index in [0.717, 1.165) is 33.5 Å². The molecule has 0 aliphatic carbocycles. The lowest BCUT2D eigenvalue weighted by Gasteiger charge is -2.14. The van der Waals surface area contributed by atoms with Gasteiger partial charge >= 0.3 is 0 Å². The van der Waals surface area contributed by atoms with Crippen LogP contribution in [0.2, 0.25) is 0 Å². The molecule has 0 aliphatic heterocycles. The van der Waals surface area contributed by atoms with E-state index in [9.17, 15) is 5.11 Å². The second-order valence-corrected chi connectivity index (χ2v) is 7.67. The molecule has 1 unspecified atom stereocenters. The number of allylic oxidation sites excluding steroid dienone is 1. The summed E-state index contributed by atoms with van der Waals surface area (Å²) in [5.74, 6) is 2.50. The number of benzene rings is 2. The van der Waals surface area contributed by atoms with Crippen LogP contribution in [0.15, 0.2) is 65.2 Å². The lowest BCUT2D eigenvalue weighted by Crippen LogP contribution is -1.98. The molecule has 0 saturated carbocycles. The quantitative estimate of drug-likeness (QED) is 0.447. The van der Waals surface area contributed by atoms with E-state index in [2.05, 4.69) is 52.1 Å². The van der Waals surface area contributed by atoms with E-state index in [1.54, 1.807) is 24.0 Å². The minimum absolute atomic E-state index is 0.129. The van der Waals surface area contributed by atoms with Gasteiger partial charge in [0.25, 0.3) is 0 Å². The first-order valence-electron chi connectivity index (χ1n) is 8.41. The number of phenolic OH excluding ortho intramolecular Hbond substituents is 1. The number of thioether (sulfide) groups is 1. The molecule has 0 aliphatic rings. The Morgan fingerprint density at radius 3 is 2.65 bits per heavy atom. The average molecular weight is 430 g/mol. The second-order valence-electron chi connectivity index (χ2n) is 5.64. The van der Waals surface area contributed by atoms with Crippen LogP contribution in [0.5, 0.6) is 5.75 Å². The van der Waals surface area contributed by atoms with Crippen LogP contribution in [0.3, 0.4) is 0 Å². The summed E-state index contributed by atoms with van der Waals surface area (Å²) >= 11 is 5.07. The number of alkyl halides is 1. The average Bonchev–Trinajstić information content (AvgIpc) is 3.15. The molecule has 0 bridgehead atoms. The second kappa shape index (κ2) is 9.10. The molecule has 1 N–H and O–H groups in total. The van der Waals surface area contributed by atoms with Crippen molar-refractivity contribution in [1.29, 1.82) is 0 Å². The molecule has 26 heavy (non-hydrogen) atoms. The zero-order chi connectivity index (χ0) is 18.4. The van der Waals surface area contributed by atoms with Crippen LogP contribution < -0.4 is 0 Å². The Morgan fingerprint density at radius 2 is 1.96 bits per heavy atom. The molecular formula is C21H20BrNO2S. The highest BCUT2D eigenvalue weighted by molar-refractivity contribution is 9.09. The number of hydrogen-bond acceptors (Lipinski definition) is 4. The first-order valence-corrected chi connectivity index (χ1v) is 10.6. The fourth-order valence-corrected chi connectivity index (χ4v) is 3.80. The molecule has 5 heteroatoms. The lowest BCUT2D eigenvalue weighted by molar-refractivity contribution is 0.461. The summed E-state index contributed by atoms with van der Waals surface area (Å²) in [6, 6.07) is 15.5. The molecule has 0 spiro atoms. The molecule has 3 rings (SSSR count). The van der Waals surface area contributed by atoms with Crippen LogP contribution in [-0.4, -0.2) is 21.2 Å². The highest BCUT2D eigenvalue weighted by atomic mass is 79.9. The molecule has 134 valence electrons. The van der Waals surface area contributed by atoms with Crippen molar-refractivity contribution < 1.29 is 9.52 Å². The van der Waals surface area contributed by atoms with E-state index >= 15 is 0 Å². The van der Waals surface area contributed by atoms with E-state index in [-0.39, 0.29) is 11.0 Å². The first-order chi connectivity index (χ1) is 12.7. The summed E-state index contributed by atoms with van der Waals surface area (Å²) in [5.41, 5.74) is 2.95. The maximum atomic E-state index is 10.2. The molecule has 3 aromatic rings. The standard InChI is InChI=1S/C21H20BrNO2S/c1-2-26-20(17-7-3-4-8-18(17)24)21-23-14-19(25-21)16-11-9-15(10-12-16)6-5-13-22/h3-12,14,20,24H,2,13H2,1H3. The van der Waals surface area contributed by atoms with Gasteiger partial charge in [-0.3, -0.25) is 0 Å². The highest BCUT2D eigenvalue weighted by Gasteiger charge is 2.22. The van der Waals surface area contributed by atoms with Gasteiger partial charge in [0, 0.05) is 16.5 Å². The maximum Gasteiger partial charge on any atom is 0.212 e. The summed E-state index contributed by atoms with van der Waals surface area (Å²) in [4.78, 5) is 4.48. The fourth-order valence-electron chi connectivity index (χ4n) is 2.65. The third kappa shape index (κ3) is 4.40. The van der Waals surface area contributed by atoms with Crippen molar-refractivity contribution in [3.63, 3.8) is 0 Å². The number of nitrogens with zero attached hydrogens (tertiary/aromatic N) is 1. The van der Waals surface area contributed by atoms with Crippen LogP contribution in [0, 0.1) is 0 Å². The zero-order valence-electron chi connectivity index (χ0n) is 14.4. The van der Waals surface area contributed by atoms with E-state index in [1.807, 2.05) is 30.3 Å². The Kier molecular flexibility index (Phi) is 6.58. The third-order valence-corrected chi connectivity index (χ3v) is 5.39. The third-order valence-electron chi connectivity index (χ3n) is 3.90. The Hall–Kier alpha value is -1.98. The van der Waals surface area contributed by atoms with Crippen molar-refractivity contribution in [2.75, 3.05) is 11.1 Å². The molecule has 1 heterocycles. The van der Waals surface area contributed by atoms with Crippen LogP contribution in [-0.2, 0) is 0 Å². The molecule has 1 aromatic heterocycles. The molecule has 1 atom stereocenters. The number of hydrogen-bond donors (Lipinski definition) is 1. The van der Waals surface area contributed by atoms with E-state index in [1.165, 1.54) is 0 Å². The molecule has 0 fully saturated rings. The van der Waals surface area contributed by atoms with Crippen LogP contribution >= 0.6 is 27.7 Å². The summed E-state index contributed by atoms with van der Waals surface area (Å²) in [6.45, 7) is 2.08. The topological polar surface area (TPSA) is 46.3 Å². The number of aromatic nitrogens is 1. The first kappa shape index (κ1) is 18.8. The van der Waals surface area contributed by atoms with Crippen molar-refractivity contribution in [3.05, 3.63) is 77.8 Å². The molecule has 0 saturated heterocycles. The van der Waals surface area contributed by atoms with E-state index in [0.29, 0.717) is 5.89 Å². The fraction of sp³-hybridized carbons (Fsp3) is 0.190. The van der Waals surface area contributed by atoms with Crippen LogP contribution in [0.4, 0.5) is 0 Å². The van der Waals surface area contributed by atoms with Gasteiger partial charge in [0.05, 0.1) is 6.20 Å². The van der Waals surface area contributed by atoms with Gasteiger partial charge in [-0.2, -0.15) is 0 Å². The molecular weight excluding hydrogens is 410 g/mol. The smallest absolute Gasteiger partial charge is 0.212 e. The summed E-state index contributed by atoms with van der Waals surface area (Å²) in [6.07, 6.45) is 5.87. The zero-order valence-corrected chi connectivity index (χ0v) is 16.8. The van der Waals surface area contributed by atoms with Gasteiger partial charge in [-0.25, -0.2) is 4.98 Å². The van der Waals surface area contributed by atoms with Crippen molar-refractivity contribution in [1.82, 2.24) is 4.98 Å². The highest BCUT2D eigenvalue weighted by Crippen LogP contribution is 2.40. The number of aromatic hydroxyl groups is 1. The Labute approximate surface area is 166 Å². The number of oxazole rings is 1. The van der Waals surface area contributed by atoms with Gasteiger partial charge in [-0.05, 0) is 17.4 Å². The van der Waals surface area contributed by atoms with Crippen molar-refractivity contribution in [2.45, 2.75) is 12.2 Å². The van der Waals surface area contributed by atoms with Gasteiger partial charge in [0.1, 0.15) is 11.0 Å². The molecule has 0 radical (unpaired) electrons. The molecule has 0 amide bonds. The van der Waals surface area contributed by atoms with Gasteiger partial charge < -0.3 is 9.52 Å². The predicted octanol–water partition coefficient (Wildman–Crippen LogP) is 6.30.